The van der Waals surface area contributed by atoms with Crippen LogP contribution in [-0.4, -0.2) is 29.4 Å². The normalized spacial score (nSPS) is 15.1. The molecule has 0 aromatic carbocycles. The number of amides is 1. The van der Waals surface area contributed by atoms with Gasteiger partial charge in [0.1, 0.15) is 5.15 Å². The molecule has 1 aromatic heterocycles. The highest BCUT2D eigenvalue weighted by Crippen LogP contribution is 2.29. The van der Waals surface area contributed by atoms with Crippen LogP contribution in [0.4, 0.5) is 0 Å². The first-order valence-corrected chi connectivity index (χ1v) is 5.41. The summed E-state index contributed by atoms with van der Waals surface area (Å²) in [6, 6.07) is 3.35. The fourth-order valence-corrected chi connectivity index (χ4v) is 1.61. The zero-order valence-corrected chi connectivity index (χ0v) is 9.37. The van der Waals surface area contributed by atoms with Gasteiger partial charge >= 0.3 is 0 Å². The number of halogens is 1. The zero-order chi connectivity index (χ0) is 10.8. The molecule has 0 spiro atoms. The molecule has 1 fully saturated rings. The van der Waals surface area contributed by atoms with Gasteiger partial charge in [-0.1, -0.05) is 11.6 Å². The molecule has 1 aliphatic rings. The van der Waals surface area contributed by atoms with Crippen LogP contribution in [0.5, 0.6) is 0 Å². The molecule has 80 valence electrons. The van der Waals surface area contributed by atoms with E-state index in [1.54, 1.807) is 17.0 Å². The molecule has 4 heteroatoms. The van der Waals surface area contributed by atoms with Gasteiger partial charge in [0.05, 0.1) is 5.56 Å². The van der Waals surface area contributed by atoms with Gasteiger partial charge in [0.25, 0.3) is 5.91 Å². The lowest BCUT2D eigenvalue weighted by Gasteiger charge is -2.16. The number of pyridine rings is 1. The maximum Gasteiger partial charge on any atom is 0.255 e. The van der Waals surface area contributed by atoms with Gasteiger partial charge < -0.3 is 4.90 Å². The van der Waals surface area contributed by atoms with Gasteiger partial charge in [-0.05, 0) is 30.9 Å². The molecular weight excluding hydrogens is 212 g/mol. The number of carbonyl (C=O) groups excluding carboxylic acids is 1. The lowest BCUT2D eigenvalue weighted by Crippen LogP contribution is -2.28. The van der Waals surface area contributed by atoms with Crippen LogP contribution in [0, 0.1) is 5.92 Å². The summed E-state index contributed by atoms with van der Waals surface area (Å²) in [5.41, 5.74) is 0.600. The van der Waals surface area contributed by atoms with E-state index in [1.807, 2.05) is 7.05 Å². The monoisotopic (exact) mass is 224 g/mol. The van der Waals surface area contributed by atoms with Crippen LogP contribution in [0.15, 0.2) is 18.3 Å². The lowest BCUT2D eigenvalue weighted by molar-refractivity contribution is 0.0788. The van der Waals surface area contributed by atoms with Gasteiger partial charge in [-0.2, -0.15) is 0 Å². The summed E-state index contributed by atoms with van der Waals surface area (Å²) in [6.45, 7) is 0.849. The average Bonchev–Trinajstić information content (AvgIpc) is 3.02. The summed E-state index contributed by atoms with van der Waals surface area (Å²) < 4.78 is 0. The molecule has 1 aliphatic carbocycles. The van der Waals surface area contributed by atoms with Crippen LogP contribution < -0.4 is 0 Å². The minimum absolute atomic E-state index is 0.0195. The topological polar surface area (TPSA) is 33.2 Å². The standard InChI is InChI=1S/C11H13ClN2O/c1-14(7-8-2-3-8)11(15)9-4-5-10(12)13-6-9/h4-6,8H,2-3,7H2,1H3. The van der Waals surface area contributed by atoms with Crippen molar-refractivity contribution in [1.82, 2.24) is 9.88 Å². The molecule has 0 aliphatic heterocycles. The molecule has 0 unspecified atom stereocenters. The molecule has 1 heterocycles. The van der Waals surface area contributed by atoms with Gasteiger partial charge in [0.15, 0.2) is 0 Å². The van der Waals surface area contributed by atoms with Crippen molar-refractivity contribution in [2.45, 2.75) is 12.8 Å². The summed E-state index contributed by atoms with van der Waals surface area (Å²) in [7, 11) is 1.83. The van der Waals surface area contributed by atoms with Crippen molar-refractivity contribution in [1.29, 1.82) is 0 Å². The average molecular weight is 225 g/mol. The van der Waals surface area contributed by atoms with Crippen molar-refractivity contribution >= 4 is 17.5 Å². The predicted molar refractivity (Wildman–Crippen MR) is 58.9 cm³/mol. The Labute approximate surface area is 94.1 Å². The highest BCUT2D eigenvalue weighted by molar-refractivity contribution is 6.29. The molecule has 15 heavy (non-hydrogen) atoms. The molecular formula is C11H13ClN2O. The zero-order valence-electron chi connectivity index (χ0n) is 8.61. The van der Waals surface area contributed by atoms with Crippen LogP contribution in [0.3, 0.4) is 0 Å². The minimum Gasteiger partial charge on any atom is -0.341 e. The van der Waals surface area contributed by atoms with Crippen LogP contribution in [-0.2, 0) is 0 Å². The second-order valence-corrected chi connectivity index (χ2v) is 4.39. The van der Waals surface area contributed by atoms with E-state index in [2.05, 4.69) is 4.98 Å². The maximum atomic E-state index is 11.9. The Balaban J connectivity index is 2.02. The van der Waals surface area contributed by atoms with Gasteiger partial charge in [0.2, 0.25) is 0 Å². The molecule has 1 aromatic rings. The van der Waals surface area contributed by atoms with Crippen molar-refractivity contribution in [2.24, 2.45) is 5.92 Å². The van der Waals surface area contributed by atoms with Crippen molar-refractivity contribution in [2.75, 3.05) is 13.6 Å². The van der Waals surface area contributed by atoms with Crippen LogP contribution in [0.1, 0.15) is 23.2 Å². The van der Waals surface area contributed by atoms with Gasteiger partial charge in [-0.25, -0.2) is 4.98 Å². The summed E-state index contributed by atoms with van der Waals surface area (Å²) >= 11 is 5.65. The Bertz CT molecular complexity index is 359. The van der Waals surface area contributed by atoms with Crippen LogP contribution in [0.2, 0.25) is 5.15 Å². The number of carbonyl (C=O) groups is 1. The highest BCUT2D eigenvalue weighted by atomic mass is 35.5. The third-order valence-corrected chi connectivity index (χ3v) is 2.77. The lowest BCUT2D eigenvalue weighted by atomic mass is 10.2. The number of rotatable bonds is 3. The first-order valence-electron chi connectivity index (χ1n) is 5.04. The van der Waals surface area contributed by atoms with E-state index in [1.165, 1.54) is 19.0 Å². The number of hydrogen-bond acceptors (Lipinski definition) is 2. The summed E-state index contributed by atoms with van der Waals surface area (Å²) in [6.07, 6.45) is 4.01. The molecule has 1 saturated carbocycles. The van der Waals surface area contributed by atoms with Crippen molar-refractivity contribution < 1.29 is 4.79 Å². The second kappa shape index (κ2) is 4.19. The van der Waals surface area contributed by atoms with Crippen molar-refractivity contribution in [3.05, 3.63) is 29.0 Å². The molecule has 2 rings (SSSR count). The smallest absolute Gasteiger partial charge is 0.255 e. The quantitative estimate of drug-likeness (QED) is 0.738. The van der Waals surface area contributed by atoms with Crippen molar-refractivity contribution in [3.8, 4) is 0 Å². The largest absolute Gasteiger partial charge is 0.341 e. The Morgan fingerprint density at radius 2 is 2.33 bits per heavy atom. The SMILES string of the molecule is CN(CC1CC1)C(=O)c1ccc(Cl)nc1. The van der Waals surface area contributed by atoms with Gasteiger partial charge in [0, 0.05) is 19.8 Å². The van der Waals surface area contributed by atoms with Crippen LogP contribution in [0.25, 0.3) is 0 Å². The third-order valence-electron chi connectivity index (χ3n) is 2.55. The predicted octanol–water partition coefficient (Wildman–Crippen LogP) is 2.22. The fourth-order valence-electron chi connectivity index (χ4n) is 1.49. The minimum atomic E-state index is 0.0195. The summed E-state index contributed by atoms with van der Waals surface area (Å²) in [5, 5.41) is 0.413. The number of nitrogens with zero attached hydrogens (tertiary/aromatic N) is 2. The van der Waals surface area contributed by atoms with Gasteiger partial charge in [-0.3, -0.25) is 4.79 Å². The van der Waals surface area contributed by atoms with E-state index < -0.39 is 0 Å². The Morgan fingerprint density at radius 1 is 1.60 bits per heavy atom. The molecule has 0 saturated heterocycles. The molecule has 0 N–H and O–H groups in total. The Kier molecular flexibility index (Phi) is 2.91. The van der Waals surface area contributed by atoms with E-state index in [-0.39, 0.29) is 5.91 Å². The number of aromatic nitrogens is 1. The number of hydrogen-bond donors (Lipinski definition) is 0. The third kappa shape index (κ3) is 2.69. The maximum absolute atomic E-state index is 11.9. The fraction of sp³-hybridized carbons (Fsp3) is 0.455. The molecule has 0 bridgehead atoms. The molecule has 3 nitrogen and oxygen atoms in total. The molecule has 0 atom stereocenters. The van der Waals surface area contributed by atoms with E-state index in [4.69, 9.17) is 11.6 Å². The molecule has 0 radical (unpaired) electrons. The van der Waals surface area contributed by atoms with Gasteiger partial charge in [-0.15, -0.1) is 0 Å². The first-order chi connectivity index (χ1) is 7.16. The molecule has 1 amide bonds. The van der Waals surface area contributed by atoms with E-state index in [0.29, 0.717) is 16.6 Å². The van der Waals surface area contributed by atoms with Crippen molar-refractivity contribution in [3.63, 3.8) is 0 Å². The second-order valence-electron chi connectivity index (χ2n) is 4.00. The Morgan fingerprint density at radius 3 is 2.87 bits per heavy atom. The van der Waals surface area contributed by atoms with Crippen LogP contribution >= 0.6 is 11.6 Å². The van der Waals surface area contributed by atoms with E-state index >= 15 is 0 Å². The van der Waals surface area contributed by atoms with E-state index in [0.717, 1.165) is 6.54 Å². The summed E-state index contributed by atoms with van der Waals surface area (Å²) in [5.74, 6) is 0.727. The summed E-state index contributed by atoms with van der Waals surface area (Å²) in [4.78, 5) is 17.5. The Hall–Kier alpha value is -1.09. The highest BCUT2D eigenvalue weighted by Gasteiger charge is 2.25. The first kappa shape index (κ1) is 10.4. The van der Waals surface area contributed by atoms with E-state index in [9.17, 15) is 4.79 Å².